The molecule has 176 valence electrons. The average Bonchev–Trinajstić information content (AvgIpc) is 3.15. The first-order valence-electron chi connectivity index (χ1n) is 10.2. The number of para-hydroxylation sites is 1. The molecule has 1 amide bonds. The predicted molar refractivity (Wildman–Crippen MR) is 121 cm³/mol. The molecule has 1 heterocycles. The van der Waals surface area contributed by atoms with Crippen LogP contribution in [0, 0.1) is 13.8 Å². The van der Waals surface area contributed by atoms with Gasteiger partial charge in [-0.3, -0.25) is 4.79 Å². The van der Waals surface area contributed by atoms with E-state index in [1.54, 1.807) is 18.5 Å². The predicted octanol–water partition coefficient (Wildman–Crippen LogP) is 2.86. The van der Waals surface area contributed by atoms with Gasteiger partial charge < -0.3 is 19.5 Å². The fourth-order valence-electron chi connectivity index (χ4n) is 3.33. The molecule has 3 rings (SSSR count). The van der Waals surface area contributed by atoms with Crippen molar-refractivity contribution in [2.24, 2.45) is 0 Å². The Hall–Kier alpha value is -4.47. The molecule has 1 N–H and O–H groups in total. The van der Waals surface area contributed by atoms with Crippen LogP contribution in [0.4, 0.5) is 5.69 Å². The van der Waals surface area contributed by atoms with Crippen LogP contribution in [0.5, 0.6) is 0 Å². The summed E-state index contributed by atoms with van der Waals surface area (Å²) < 4.78 is 16.1. The number of carbonyl (C=O) groups excluding carboxylic acids is 4. The summed E-state index contributed by atoms with van der Waals surface area (Å²) in [6.45, 7) is 2.82. The van der Waals surface area contributed by atoms with E-state index in [2.05, 4.69) is 19.9 Å². The number of hydrogen-bond acceptors (Lipinski definition) is 8. The number of esters is 3. The molecule has 0 spiro atoms. The zero-order valence-electron chi connectivity index (χ0n) is 19.1. The first kappa shape index (κ1) is 24.2. The van der Waals surface area contributed by atoms with Gasteiger partial charge in [-0.15, -0.1) is 0 Å². The van der Waals surface area contributed by atoms with Crippen LogP contribution in [0.3, 0.4) is 0 Å². The van der Waals surface area contributed by atoms with Crippen molar-refractivity contribution in [1.82, 2.24) is 9.78 Å². The number of ether oxygens (including phenoxy) is 3. The quantitative estimate of drug-likeness (QED) is 0.417. The van der Waals surface area contributed by atoms with E-state index in [-0.39, 0.29) is 22.4 Å². The van der Waals surface area contributed by atoms with E-state index in [0.717, 1.165) is 5.69 Å². The highest BCUT2D eigenvalue weighted by Gasteiger charge is 2.22. The lowest BCUT2D eigenvalue weighted by Crippen LogP contribution is -2.22. The number of aromatic nitrogens is 2. The van der Waals surface area contributed by atoms with Crippen molar-refractivity contribution in [3.8, 4) is 5.69 Å². The molecular formula is C24H23N3O7. The van der Waals surface area contributed by atoms with Crippen LogP contribution in [0.15, 0.2) is 48.5 Å². The van der Waals surface area contributed by atoms with Gasteiger partial charge in [0.15, 0.2) is 6.61 Å². The minimum Gasteiger partial charge on any atom is -0.465 e. The lowest BCUT2D eigenvalue weighted by molar-refractivity contribution is -0.119. The summed E-state index contributed by atoms with van der Waals surface area (Å²) >= 11 is 0. The third kappa shape index (κ3) is 5.29. The molecule has 10 nitrogen and oxygen atoms in total. The number of anilines is 1. The van der Waals surface area contributed by atoms with Crippen molar-refractivity contribution in [3.05, 3.63) is 76.6 Å². The van der Waals surface area contributed by atoms with E-state index in [1.165, 1.54) is 32.4 Å². The SMILES string of the molecule is COC(=O)c1cc(NC(=O)COC(=O)c2c(C)nn(-c3ccccc3)c2C)cc(C(=O)OC)c1. The highest BCUT2D eigenvalue weighted by Crippen LogP contribution is 2.20. The lowest BCUT2D eigenvalue weighted by atomic mass is 10.1. The maximum Gasteiger partial charge on any atom is 0.342 e. The van der Waals surface area contributed by atoms with Gasteiger partial charge in [-0.2, -0.15) is 5.10 Å². The topological polar surface area (TPSA) is 126 Å². The molecule has 0 saturated carbocycles. The molecule has 1 aromatic heterocycles. The fraction of sp³-hybridized carbons (Fsp3) is 0.208. The zero-order chi connectivity index (χ0) is 24.8. The Labute approximate surface area is 195 Å². The molecule has 0 radical (unpaired) electrons. The highest BCUT2D eigenvalue weighted by atomic mass is 16.5. The molecular weight excluding hydrogens is 442 g/mol. The van der Waals surface area contributed by atoms with Gasteiger partial charge >= 0.3 is 17.9 Å². The van der Waals surface area contributed by atoms with Gasteiger partial charge in [0.05, 0.1) is 42.4 Å². The largest absolute Gasteiger partial charge is 0.465 e. The smallest absolute Gasteiger partial charge is 0.342 e. The van der Waals surface area contributed by atoms with Gasteiger partial charge in [-0.1, -0.05) is 18.2 Å². The van der Waals surface area contributed by atoms with Gasteiger partial charge in [-0.05, 0) is 44.2 Å². The molecule has 10 heteroatoms. The number of amides is 1. The van der Waals surface area contributed by atoms with Gasteiger partial charge in [0.1, 0.15) is 5.56 Å². The van der Waals surface area contributed by atoms with E-state index in [4.69, 9.17) is 4.74 Å². The van der Waals surface area contributed by atoms with Crippen molar-refractivity contribution >= 4 is 29.5 Å². The minimum absolute atomic E-state index is 0.0391. The molecule has 34 heavy (non-hydrogen) atoms. The monoisotopic (exact) mass is 465 g/mol. The average molecular weight is 465 g/mol. The Morgan fingerprint density at radius 3 is 2.03 bits per heavy atom. The number of rotatable bonds is 7. The summed E-state index contributed by atoms with van der Waals surface area (Å²) in [7, 11) is 2.38. The van der Waals surface area contributed by atoms with E-state index >= 15 is 0 Å². The van der Waals surface area contributed by atoms with Gasteiger partial charge in [0.2, 0.25) is 0 Å². The number of hydrogen-bond donors (Lipinski definition) is 1. The number of carbonyl (C=O) groups is 4. The van der Waals surface area contributed by atoms with Crippen molar-refractivity contribution in [2.75, 3.05) is 26.1 Å². The molecule has 0 aliphatic heterocycles. The Balaban J connectivity index is 1.72. The molecule has 0 unspecified atom stereocenters. The molecule has 0 aliphatic rings. The number of aryl methyl sites for hydroxylation is 1. The van der Waals surface area contributed by atoms with Crippen LogP contribution in [0.1, 0.15) is 42.5 Å². The lowest BCUT2D eigenvalue weighted by Gasteiger charge is -2.10. The molecule has 0 fully saturated rings. The summed E-state index contributed by atoms with van der Waals surface area (Å²) in [4.78, 5) is 48.9. The first-order valence-corrected chi connectivity index (χ1v) is 10.2. The zero-order valence-corrected chi connectivity index (χ0v) is 19.1. The molecule has 3 aromatic rings. The van der Waals surface area contributed by atoms with Crippen LogP contribution in [0.2, 0.25) is 0 Å². The standard InChI is InChI=1S/C24H23N3O7/c1-14-21(15(2)27(26-14)19-8-6-5-7-9-19)24(31)34-13-20(28)25-18-11-16(22(29)32-3)10-17(12-18)23(30)33-4/h5-12H,13H2,1-4H3,(H,25,28). The first-order chi connectivity index (χ1) is 16.2. The summed E-state index contributed by atoms with van der Waals surface area (Å²) in [6.07, 6.45) is 0. The second kappa shape index (κ2) is 10.4. The van der Waals surface area contributed by atoms with E-state index in [0.29, 0.717) is 11.4 Å². The normalized spacial score (nSPS) is 10.4. The number of nitrogens with zero attached hydrogens (tertiary/aromatic N) is 2. The fourth-order valence-corrected chi connectivity index (χ4v) is 3.33. The van der Waals surface area contributed by atoms with Crippen molar-refractivity contribution in [1.29, 1.82) is 0 Å². The van der Waals surface area contributed by atoms with Crippen molar-refractivity contribution < 1.29 is 33.4 Å². The summed E-state index contributed by atoms with van der Waals surface area (Å²) in [5.41, 5.74) is 2.29. The number of benzene rings is 2. The van der Waals surface area contributed by atoms with E-state index < -0.39 is 30.4 Å². The number of methoxy groups -OCH3 is 2. The van der Waals surface area contributed by atoms with Crippen LogP contribution in [0.25, 0.3) is 5.69 Å². The number of nitrogens with one attached hydrogen (secondary N) is 1. The van der Waals surface area contributed by atoms with Gasteiger partial charge in [-0.25, -0.2) is 19.1 Å². The van der Waals surface area contributed by atoms with E-state index in [9.17, 15) is 19.2 Å². The van der Waals surface area contributed by atoms with Crippen LogP contribution in [-0.4, -0.2) is 54.4 Å². The Bertz CT molecular complexity index is 1210. The second-order valence-electron chi connectivity index (χ2n) is 7.20. The summed E-state index contributed by atoms with van der Waals surface area (Å²) in [5.74, 6) is -2.77. The minimum atomic E-state index is -0.703. The Morgan fingerprint density at radius 2 is 1.47 bits per heavy atom. The van der Waals surface area contributed by atoms with Gasteiger partial charge in [0, 0.05) is 5.69 Å². The van der Waals surface area contributed by atoms with E-state index in [1.807, 2.05) is 30.3 Å². The van der Waals surface area contributed by atoms with Crippen molar-refractivity contribution in [3.63, 3.8) is 0 Å². The Morgan fingerprint density at radius 1 is 0.882 bits per heavy atom. The van der Waals surface area contributed by atoms with Gasteiger partial charge in [0.25, 0.3) is 5.91 Å². The summed E-state index contributed by atoms with van der Waals surface area (Å²) in [6, 6.07) is 13.2. The molecule has 0 aliphatic carbocycles. The van der Waals surface area contributed by atoms with Crippen LogP contribution < -0.4 is 5.32 Å². The molecule has 2 aromatic carbocycles. The Kier molecular flexibility index (Phi) is 7.42. The highest BCUT2D eigenvalue weighted by molar-refractivity contribution is 6.00. The maximum absolute atomic E-state index is 12.7. The maximum atomic E-state index is 12.7. The molecule has 0 bridgehead atoms. The molecule has 0 atom stereocenters. The second-order valence-corrected chi connectivity index (χ2v) is 7.20. The van der Waals surface area contributed by atoms with Crippen LogP contribution >= 0.6 is 0 Å². The molecule has 0 saturated heterocycles. The van der Waals surface area contributed by atoms with Crippen molar-refractivity contribution in [2.45, 2.75) is 13.8 Å². The third-order valence-corrected chi connectivity index (χ3v) is 4.89. The summed E-state index contributed by atoms with van der Waals surface area (Å²) in [5, 5.41) is 6.89. The third-order valence-electron chi connectivity index (χ3n) is 4.89. The van der Waals surface area contributed by atoms with Crippen LogP contribution in [-0.2, 0) is 19.0 Å².